The number of sulfonamides is 1. The van der Waals surface area contributed by atoms with Crippen LogP contribution < -0.4 is 4.31 Å². The lowest BCUT2D eigenvalue weighted by Crippen LogP contribution is -2.51. The fourth-order valence-electron chi connectivity index (χ4n) is 4.15. The van der Waals surface area contributed by atoms with Crippen molar-refractivity contribution in [2.24, 2.45) is 0 Å². The third-order valence-corrected chi connectivity index (χ3v) is 8.47. The summed E-state index contributed by atoms with van der Waals surface area (Å²) in [6, 6.07) is 21.7. The van der Waals surface area contributed by atoms with Crippen LogP contribution in [0.4, 0.5) is 5.69 Å². The highest BCUT2D eigenvalue weighted by Gasteiger charge is 2.30. The molecule has 1 fully saturated rings. The number of amides is 1. The number of piperazine rings is 1. The Hall–Kier alpha value is -2.87. The van der Waals surface area contributed by atoms with Gasteiger partial charge in [-0.3, -0.25) is 14.0 Å². The molecular weight excluding hydrogens is 482 g/mol. The molecule has 0 radical (unpaired) electrons. The van der Waals surface area contributed by atoms with E-state index in [2.05, 4.69) is 17.0 Å². The third-order valence-electron chi connectivity index (χ3n) is 6.43. The average Bonchev–Trinajstić information content (AvgIpc) is 2.85. The van der Waals surface area contributed by atoms with Crippen molar-refractivity contribution in [3.05, 3.63) is 94.5 Å². The maximum absolute atomic E-state index is 13.6. The van der Waals surface area contributed by atoms with Gasteiger partial charge in [0.2, 0.25) is 5.91 Å². The molecule has 1 heterocycles. The number of carbonyl (C=O) groups is 1. The highest BCUT2D eigenvalue weighted by Crippen LogP contribution is 2.27. The molecule has 0 aliphatic carbocycles. The van der Waals surface area contributed by atoms with Gasteiger partial charge in [0.1, 0.15) is 6.54 Å². The van der Waals surface area contributed by atoms with E-state index in [-0.39, 0.29) is 17.3 Å². The predicted octanol–water partition coefficient (Wildman–Crippen LogP) is 4.50. The van der Waals surface area contributed by atoms with Crippen molar-refractivity contribution in [3.8, 4) is 0 Å². The summed E-state index contributed by atoms with van der Waals surface area (Å²) in [5.74, 6) is -0.208. The van der Waals surface area contributed by atoms with Crippen LogP contribution >= 0.6 is 11.6 Å². The quantitative estimate of drug-likeness (QED) is 0.468. The summed E-state index contributed by atoms with van der Waals surface area (Å²) >= 11 is 5.97. The normalized spacial score (nSPS) is 14.7. The molecule has 1 saturated heterocycles. The highest BCUT2D eigenvalue weighted by molar-refractivity contribution is 7.92. The molecule has 1 aliphatic heterocycles. The fourth-order valence-corrected chi connectivity index (χ4v) is 5.68. The number of rotatable bonds is 7. The molecule has 0 atom stereocenters. The molecule has 0 bridgehead atoms. The molecule has 1 aliphatic rings. The van der Waals surface area contributed by atoms with E-state index in [1.807, 2.05) is 44.2 Å². The van der Waals surface area contributed by atoms with Gasteiger partial charge in [-0.15, -0.1) is 0 Å². The predicted molar refractivity (Wildman–Crippen MR) is 140 cm³/mol. The minimum absolute atomic E-state index is 0.0978. The number of benzene rings is 3. The molecule has 0 unspecified atom stereocenters. The van der Waals surface area contributed by atoms with Crippen LogP contribution in [0, 0.1) is 13.8 Å². The van der Waals surface area contributed by atoms with Crippen LogP contribution in [0.5, 0.6) is 0 Å². The molecular formula is C27H30ClN3O3S. The van der Waals surface area contributed by atoms with Crippen molar-refractivity contribution < 1.29 is 13.2 Å². The van der Waals surface area contributed by atoms with Crippen LogP contribution in [-0.2, 0) is 21.4 Å². The molecule has 184 valence electrons. The van der Waals surface area contributed by atoms with E-state index < -0.39 is 10.0 Å². The van der Waals surface area contributed by atoms with Crippen LogP contribution in [0.25, 0.3) is 0 Å². The SMILES string of the molecule is Cc1ccc(N(CC(=O)N2CCN(Cc3ccccc3)CC2)S(=O)(=O)c2ccc(Cl)cc2)cc1C. The fraction of sp³-hybridized carbons (Fsp3) is 0.296. The number of anilines is 1. The van der Waals surface area contributed by atoms with Gasteiger partial charge in [0.25, 0.3) is 10.0 Å². The van der Waals surface area contributed by atoms with E-state index >= 15 is 0 Å². The van der Waals surface area contributed by atoms with Crippen molar-refractivity contribution in [2.75, 3.05) is 37.0 Å². The zero-order chi connectivity index (χ0) is 25.0. The second kappa shape index (κ2) is 10.8. The van der Waals surface area contributed by atoms with Gasteiger partial charge in [0.05, 0.1) is 10.6 Å². The first-order chi connectivity index (χ1) is 16.7. The summed E-state index contributed by atoms with van der Waals surface area (Å²) in [6.07, 6.45) is 0. The molecule has 0 N–H and O–H groups in total. The minimum Gasteiger partial charge on any atom is -0.339 e. The van der Waals surface area contributed by atoms with Crippen LogP contribution in [0.15, 0.2) is 77.7 Å². The van der Waals surface area contributed by atoms with Gasteiger partial charge >= 0.3 is 0 Å². The summed E-state index contributed by atoms with van der Waals surface area (Å²) in [5.41, 5.74) is 3.72. The molecule has 0 saturated carbocycles. The highest BCUT2D eigenvalue weighted by atomic mass is 35.5. The van der Waals surface area contributed by atoms with Crippen molar-refractivity contribution in [3.63, 3.8) is 0 Å². The smallest absolute Gasteiger partial charge is 0.264 e. The number of halogens is 1. The number of carbonyl (C=O) groups excluding carboxylic acids is 1. The minimum atomic E-state index is -3.97. The van der Waals surface area contributed by atoms with Gasteiger partial charge < -0.3 is 4.90 Å². The summed E-state index contributed by atoms with van der Waals surface area (Å²) in [7, 11) is -3.97. The summed E-state index contributed by atoms with van der Waals surface area (Å²) in [4.78, 5) is 17.5. The van der Waals surface area contributed by atoms with E-state index in [1.54, 1.807) is 23.1 Å². The van der Waals surface area contributed by atoms with Crippen molar-refractivity contribution in [1.29, 1.82) is 0 Å². The Morgan fingerprint density at radius 1 is 0.886 bits per heavy atom. The van der Waals surface area contributed by atoms with Crippen LogP contribution in [0.3, 0.4) is 0 Å². The Morgan fingerprint density at radius 3 is 2.17 bits per heavy atom. The Kier molecular flexibility index (Phi) is 7.79. The van der Waals surface area contributed by atoms with Gasteiger partial charge in [-0.05, 0) is 66.9 Å². The standard InChI is InChI=1S/C27H30ClN3O3S/c1-21-8-11-25(18-22(21)2)31(35(33,34)26-12-9-24(28)10-13-26)20-27(32)30-16-14-29(15-17-30)19-23-6-4-3-5-7-23/h3-13,18H,14-17,19-20H2,1-2H3. The van der Waals surface area contributed by atoms with Crippen LogP contribution in [0.1, 0.15) is 16.7 Å². The number of hydrogen-bond acceptors (Lipinski definition) is 4. The van der Waals surface area contributed by atoms with E-state index in [4.69, 9.17) is 11.6 Å². The molecule has 0 spiro atoms. The Balaban J connectivity index is 1.51. The van der Waals surface area contributed by atoms with E-state index in [0.717, 1.165) is 30.8 Å². The molecule has 8 heteroatoms. The molecule has 3 aromatic carbocycles. The van der Waals surface area contributed by atoms with Crippen LogP contribution in [-0.4, -0.2) is 56.8 Å². The topological polar surface area (TPSA) is 60.9 Å². The Bertz CT molecular complexity index is 1270. The first kappa shape index (κ1) is 25.2. The molecule has 3 aromatic rings. The lowest BCUT2D eigenvalue weighted by atomic mass is 10.1. The number of aryl methyl sites for hydroxylation is 2. The van der Waals surface area contributed by atoms with Gasteiger partial charge in [0.15, 0.2) is 0 Å². The summed E-state index contributed by atoms with van der Waals surface area (Å²) in [6.45, 7) is 7.09. The van der Waals surface area contributed by atoms with Gasteiger partial charge in [0, 0.05) is 37.7 Å². The van der Waals surface area contributed by atoms with Gasteiger partial charge in [-0.25, -0.2) is 8.42 Å². The van der Waals surface area contributed by atoms with Crippen molar-refractivity contribution >= 4 is 33.2 Å². The molecule has 6 nitrogen and oxygen atoms in total. The monoisotopic (exact) mass is 511 g/mol. The van der Waals surface area contributed by atoms with Gasteiger partial charge in [-0.2, -0.15) is 0 Å². The van der Waals surface area contributed by atoms with Crippen molar-refractivity contribution in [1.82, 2.24) is 9.80 Å². The Morgan fingerprint density at radius 2 is 1.54 bits per heavy atom. The van der Waals surface area contributed by atoms with Crippen molar-refractivity contribution in [2.45, 2.75) is 25.3 Å². The zero-order valence-electron chi connectivity index (χ0n) is 20.0. The summed E-state index contributed by atoms with van der Waals surface area (Å²) in [5, 5.41) is 0.450. The Labute approximate surface area is 212 Å². The first-order valence-corrected chi connectivity index (χ1v) is 13.5. The van der Waals surface area contributed by atoms with E-state index in [9.17, 15) is 13.2 Å². The molecule has 0 aromatic heterocycles. The molecule has 35 heavy (non-hydrogen) atoms. The maximum Gasteiger partial charge on any atom is 0.264 e. The largest absolute Gasteiger partial charge is 0.339 e. The second-order valence-electron chi connectivity index (χ2n) is 8.88. The lowest BCUT2D eigenvalue weighted by molar-refractivity contribution is -0.131. The van der Waals surface area contributed by atoms with E-state index in [0.29, 0.717) is 23.8 Å². The molecule has 1 amide bonds. The number of nitrogens with zero attached hydrogens (tertiary/aromatic N) is 3. The summed E-state index contributed by atoms with van der Waals surface area (Å²) < 4.78 is 28.4. The maximum atomic E-state index is 13.6. The lowest BCUT2D eigenvalue weighted by Gasteiger charge is -2.36. The van der Waals surface area contributed by atoms with E-state index in [1.165, 1.54) is 22.0 Å². The third kappa shape index (κ3) is 6.04. The molecule has 4 rings (SSSR count). The van der Waals surface area contributed by atoms with Gasteiger partial charge in [-0.1, -0.05) is 48.0 Å². The average molecular weight is 512 g/mol. The zero-order valence-corrected chi connectivity index (χ0v) is 21.6. The second-order valence-corrected chi connectivity index (χ2v) is 11.2. The van der Waals surface area contributed by atoms with Crippen LogP contribution in [0.2, 0.25) is 5.02 Å². The first-order valence-electron chi connectivity index (χ1n) is 11.6. The number of hydrogen-bond donors (Lipinski definition) is 0.